The predicted octanol–water partition coefficient (Wildman–Crippen LogP) is 24.5. The Hall–Kier alpha value is -13.7. The molecule has 3 fully saturated rings. The van der Waals surface area contributed by atoms with E-state index in [0.717, 1.165) is 81.0 Å². The molecule has 10 aromatic rings. The molecule has 2 atom stereocenters. The molecule has 7 N–H and O–H groups in total. The molecular weight excluding hydrogens is 1900 g/mol. The lowest BCUT2D eigenvalue weighted by Crippen LogP contribution is -2.36. The highest BCUT2D eigenvalue weighted by Gasteiger charge is 2.42. The van der Waals surface area contributed by atoms with Crippen LogP contribution in [0.15, 0.2) is 156 Å². The van der Waals surface area contributed by atoms with Crippen LogP contribution in [0, 0.1) is 57.3 Å². The number of carbonyl (C=O) groups is 3. The smallest absolute Gasteiger partial charge is 0.435 e. The molecule has 3 aliphatic rings. The number of benzene rings is 6. The molecule has 4 aromatic heterocycles. The SMILES string of the molecule is CC(=NC(=O)OC(C)(C)C)N1CCC[C@H]1c1nc(-c2ccc(C)c(C(F)(F)F)c2)no1.CC(=NC(=O)OC(C)(C)C)n1cccn1.Cc1ccc(-c2noc(C3CCCC3)n2)cc1C(F)(F)F.Cc1ccc(-c2noc([C@@H]3CCCN3C(=O)OC(C)(C)C)n2)cc1C(F)(F)F.Cc1ccc(/C(N)=N/O)cc1C(F)(F)F.Cc1ccc(C#N)cc1C(F)(F)F.Cl.N#Cc1ccc(O)c(C(F)(F)F)c1.NO. The summed E-state index contributed by atoms with van der Waals surface area (Å²) in [6.07, 6.45) is -18.1. The van der Waals surface area contributed by atoms with Gasteiger partial charge in [-0.25, -0.2) is 25.0 Å². The Labute approximate surface area is 791 Å². The number of rotatable bonds is 7. The number of oxime groups is 1. The first-order valence-electron chi connectivity index (χ1n) is 41.6. The molecule has 2 saturated heterocycles. The van der Waals surface area contributed by atoms with Gasteiger partial charge in [0.05, 0.1) is 56.6 Å². The number of alkyl halides is 18. The van der Waals surface area contributed by atoms with Crippen LogP contribution in [0.4, 0.5) is 93.4 Å². The summed E-state index contributed by atoms with van der Waals surface area (Å²) in [4.78, 5) is 59.7. The van der Waals surface area contributed by atoms with Crippen molar-refractivity contribution in [2.24, 2.45) is 26.8 Å². The van der Waals surface area contributed by atoms with E-state index in [1.54, 1.807) is 113 Å². The van der Waals surface area contributed by atoms with Crippen molar-refractivity contribution in [1.82, 2.24) is 50.0 Å². The van der Waals surface area contributed by atoms with Crippen LogP contribution in [0.3, 0.4) is 0 Å². The van der Waals surface area contributed by atoms with Gasteiger partial charge in [-0.2, -0.15) is 120 Å². The molecule has 1 saturated carbocycles. The van der Waals surface area contributed by atoms with Gasteiger partial charge < -0.3 is 53.9 Å². The number of nitriles is 2. The number of carbonyl (C=O) groups excluding carboxylic acids is 3. The lowest BCUT2D eigenvalue weighted by Gasteiger charge is -2.26. The second kappa shape index (κ2) is 48.5. The Morgan fingerprint density at radius 3 is 1.17 bits per heavy atom. The average Bonchev–Trinajstić information content (AvgIpc) is 1.68. The Bertz CT molecular complexity index is 5890. The zero-order valence-corrected chi connectivity index (χ0v) is 78.3. The quantitative estimate of drug-likeness (QED) is 0.0247. The molecule has 0 radical (unpaired) electrons. The molecule has 0 unspecified atom stereocenters. The summed E-state index contributed by atoms with van der Waals surface area (Å²) in [6.45, 7) is 27.4. The molecule has 139 heavy (non-hydrogen) atoms. The summed E-state index contributed by atoms with van der Waals surface area (Å²) in [6, 6.07) is 25.7. The van der Waals surface area contributed by atoms with Crippen molar-refractivity contribution < 1.29 is 137 Å². The van der Waals surface area contributed by atoms with Gasteiger partial charge in [-0.3, -0.25) is 4.90 Å². The number of aryl methyl sites for hydroxylation is 5. The molecule has 0 spiro atoms. The number of amidine groups is 2. The average molecular weight is 2000 g/mol. The Morgan fingerprint density at radius 1 is 0.453 bits per heavy atom. The van der Waals surface area contributed by atoms with Crippen LogP contribution >= 0.6 is 12.4 Å². The monoisotopic (exact) mass is 2000 g/mol. The zero-order chi connectivity index (χ0) is 104. The Morgan fingerprint density at radius 2 is 0.791 bits per heavy atom. The third kappa shape index (κ3) is 35.1. The van der Waals surface area contributed by atoms with Crippen molar-refractivity contribution in [2.75, 3.05) is 13.1 Å². The van der Waals surface area contributed by atoms with Crippen molar-refractivity contribution in [2.45, 2.75) is 234 Å². The van der Waals surface area contributed by atoms with E-state index in [9.17, 15) is 93.4 Å². The molecule has 3 amide bonds. The van der Waals surface area contributed by atoms with Gasteiger partial charge in [0.2, 0.25) is 35.1 Å². The fraction of sp³-hybridized carbons (Fsp3) is 0.418. The van der Waals surface area contributed by atoms with Crippen molar-refractivity contribution in [3.05, 3.63) is 223 Å². The van der Waals surface area contributed by atoms with E-state index < -0.39 is 117 Å². The Kier molecular flexibility index (Phi) is 40.4. The van der Waals surface area contributed by atoms with Crippen molar-refractivity contribution >= 4 is 48.2 Å². The summed E-state index contributed by atoms with van der Waals surface area (Å²) < 4.78 is 261. The molecular formula is C91H100ClF18N17O12. The number of aliphatic imine (C=N–C) groups is 2. The number of amides is 3. The maximum atomic E-state index is 13.2. The maximum absolute atomic E-state index is 13.2. The van der Waals surface area contributed by atoms with Gasteiger partial charge in [0.1, 0.15) is 46.3 Å². The van der Waals surface area contributed by atoms with Crippen molar-refractivity contribution in [3.8, 4) is 52.1 Å². The Balaban J connectivity index is 0.000000292. The first-order chi connectivity index (χ1) is 63.9. The minimum Gasteiger partial charge on any atom is -0.507 e. The molecule has 6 heterocycles. The topological polar surface area (TPSA) is 417 Å². The molecule has 754 valence electrons. The van der Waals surface area contributed by atoms with Gasteiger partial charge >= 0.3 is 55.3 Å². The van der Waals surface area contributed by atoms with Crippen LogP contribution < -0.4 is 11.6 Å². The molecule has 6 aromatic carbocycles. The maximum Gasteiger partial charge on any atom is 0.435 e. The second-order valence-electron chi connectivity index (χ2n) is 33.8. The van der Waals surface area contributed by atoms with Gasteiger partial charge in [-0.1, -0.05) is 88.1 Å². The second-order valence-corrected chi connectivity index (χ2v) is 33.8. The molecule has 48 heteroatoms. The number of aromatic hydroxyl groups is 1. The van der Waals surface area contributed by atoms with Gasteiger partial charge in [0.15, 0.2) is 5.84 Å². The third-order valence-electron chi connectivity index (χ3n) is 19.7. The number of hydrogen-bond acceptors (Lipinski definition) is 23. The molecule has 1 aliphatic carbocycles. The van der Waals surface area contributed by atoms with Gasteiger partial charge in [-0.15, -0.1) is 12.4 Å². The van der Waals surface area contributed by atoms with Gasteiger partial charge in [-0.05, 0) is 238 Å². The number of phenols is 1. The van der Waals surface area contributed by atoms with E-state index in [-0.39, 0.29) is 115 Å². The first kappa shape index (κ1) is 116. The number of phenolic OH excluding ortho intramolecular Hbond substituents is 1. The lowest BCUT2D eigenvalue weighted by atomic mass is 10.0. The van der Waals surface area contributed by atoms with E-state index in [1.807, 2.05) is 4.90 Å². The highest BCUT2D eigenvalue weighted by Crippen LogP contribution is 2.43. The fourth-order valence-corrected chi connectivity index (χ4v) is 13.2. The number of likely N-dealkylation sites (tertiary alicyclic amines) is 2. The lowest BCUT2D eigenvalue weighted by molar-refractivity contribution is -0.139. The van der Waals surface area contributed by atoms with Crippen LogP contribution in [0.2, 0.25) is 0 Å². The summed E-state index contributed by atoms with van der Waals surface area (Å²) in [5.41, 5.74) is -0.151. The number of halogens is 19. The number of hydrogen-bond donors (Lipinski definition) is 5. The molecule has 29 nitrogen and oxygen atoms in total. The fourth-order valence-electron chi connectivity index (χ4n) is 13.2. The first-order valence-corrected chi connectivity index (χ1v) is 41.6. The van der Waals surface area contributed by atoms with E-state index in [0.29, 0.717) is 55.1 Å². The van der Waals surface area contributed by atoms with Gasteiger partial charge in [0.25, 0.3) is 0 Å². The minimum atomic E-state index is -4.63. The molecule has 13 rings (SSSR count). The van der Waals surface area contributed by atoms with Crippen molar-refractivity contribution in [3.63, 3.8) is 0 Å². The van der Waals surface area contributed by atoms with Crippen LogP contribution in [0.1, 0.15) is 241 Å². The summed E-state index contributed by atoms with van der Waals surface area (Å²) in [7, 11) is 0. The zero-order valence-electron chi connectivity index (χ0n) is 77.5. The summed E-state index contributed by atoms with van der Waals surface area (Å²) in [5.74, 6) is 4.81. The number of nitrogens with two attached hydrogens (primary N) is 2. The van der Waals surface area contributed by atoms with Crippen LogP contribution in [0.5, 0.6) is 5.75 Å². The summed E-state index contributed by atoms with van der Waals surface area (Å²) >= 11 is 0. The largest absolute Gasteiger partial charge is 0.507 e. The predicted molar refractivity (Wildman–Crippen MR) is 470 cm³/mol. The normalized spacial score (nSPS) is 14.9. The third-order valence-corrected chi connectivity index (χ3v) is 19.7. The summed E-state index contributed by atoms with van der Waals surface area (Å²) in [5, 5.41) is 58.5. The molecule has 0 bridgehead atoms. The van der Waals surface area contributed by atoms with E-state index >= 15 is 0 Å². The van der Waals surface area contributed by atoms with Crippen LogP contribution in [-0.4, -0.2) is 131 Å². The number of nitrogens with zero attached hydrogens (tertiary/aromatic N) is 15. The standard InChI is InChI=1S/C21H25F3N4O3.C19H22F3N3O3.C15H15F3N2O.C10H15N3O2.C9H9F3N2O.C9H6F3N.C8H4F3NO.ClH.H3NO/c1-12-8-9-14(11-15(12)21(22,23)24)17-26-18(31-27-17)16-7-6-10-28(16)13(2)25-19(29)30-20(3,4)5;1-11-7-8-12(10-13(11)19(20,21)22)15-23-16(28-24-15)14-6-5-9-25(14)17(26)27-18(2,3)4;1-9-6-7-11(8-12(9)15(16,17)18)13-19-14(21-20-13)10-4-2-3-5-10;1-8(13-7-5-6-11-13)12-9(14)15-10(2,3)4;1-5-2-3-6(8(13)14-15)4-7(5)9(10,11)12;1-6-2-3-7(5-13)4-8(6)9(10,11)12;9-8(10,11)6-3-5(4-12)1-2-7(6)13;;1-2/h8-9,11,16H,6-7,10H2,1-5H3;7-8,10,14H,5-6,9H2,1-4H3;6-8,10H,2-5H2,1H3;5-7H,1-4H3;2-4,15H,1H3,(H2,13,14);2-4H,1H3;1-3,13H;1H;2H,1H2/t16-;14-;;;;;;;/m00......./s1. The van der Waals surface area contributed by atoms with Gasteiger partial charge in [0, 0.05) is 53.7 Å². The van der Waals surface area contributed by atoms with E-state index in [4.69, 9.17) is 59.6 Å². The van der Waals surface area contributed by atoms with Crippen LogP contribution in [-0.2, 0) is 51.3 Å². The van der Waals surface area contributed by atoms with E-state index in [2.05, 4.69) is 56.6 Å². The minimum absolute atomic E-state index is 0. The highest BCUT2D eigenvalue weighted by atomic mass is 35.5. The van der Waals surface area contributed by atoms with Crippen LogP contribution in [0.25, 0.3) is 34.2 Å². The van der Waals surface area contributed by atoms with E-state index in [1.165, 1.54) is 98.8 Å². The highest BCUT2D eigenvalue weighted by molar-refractivity contribution is 5.97. The van der Waals surface area contributed by atoms with Crippen molar-refractivity contribution in [1.29, 1.82) is 10.5 Å². The number of aromatic nitrogens is 8. The number of ether oxygens (including phenoxy) is 3. The molecule has 2 aliphatic heterocycles.